The van der Waals surface area contributed by atoms with E-state index in [4.69, 9.17) is 16.7 Å². The van der Waals surface area contributed by atoms with Crippen molar-refractivity contribution in [2.24, 2.45) is 0 Å². The highest BCUT2D eigenvalue weighted by Crippen LogP contribution is 2.18. The van der Waals surface area contributed by atoms with E-state index in [2.05, 4.69) is 10.2 Å². The van der Waals surface area contributed by atoms with E-state index in [9.17, 15) is 4.79 Å². The second kappa shape index (κ2) is 4.59. The number of Topliss-reactive ketones (excluding diaryl/α,β-unsaturated/α-hetero) is 1. The second-order valence-corrected chi connectivity index (χ2v) is 3.79. The lowest BCUT2D eigenvalue weighted by Crippen LogP contribution is -2.06. The number of hydrogen-bond donors (Lipinski definition) is 3. The molecule has 90 valence electrons. The monoisotopic (exact) mass is 241 g/mol. The van der Waals surface area contributed by atoms with Gasteiger partial charge in [-0.05, 0) is 12.1 Å². The number of nitriles is 1. The van der Waals surface area contributed by atoms with Crippen molar-refractivity contribution in [2.75, 3.05) is 11.5 Å². The molecule has 1 heterocycles. The summed E-state index contributed by atoms with van der Waals surface area (Å²) >= 11 is 0. The van der Waals surface area contributed by atoms with Crippen LogP contribution in [-0.2, 0) is 6.42 Å². The predicted molar refractivity (Wildman–Crippen MR) is 66.6 cm³/mol. The van der Waals surface area contributed by atoms with Crippen molar-refractivity contribution in [3.63, 3.8) is 0 Å². The lowest BCUT2D eigenvalue weighted by molar-refractivity contribution is 0.0993. The third-order valence-corrected chi connectivity index (χ3v) is 2.60. The minimum absolute atomic E-state index is 0.0834. The largest absolute Gasteiger partial charge is 0.384 e. The SMILES string of the molecule is N#Cc1ccc(C(=O)Cc2c(N)n[nH]c2N)cc1. The Bertz CT molecular complexity index is 601. The van der Waals surface area contributed by atoms with Crippen LogP contribution in [0.4, 0.5) is 11.6 Å². The summed E-state index contributed by atoms with van der Waals surface area (Å²) in [4.78, 5) is 12.0. The van der Waals surface area contributed by atoms with E-state index in [1.54, 1.807) is 24.3 Å². The molecule has 6 heteroatoms. The molecule has 5 N–H and O–H groups in total. The lowest BCUT2D eigenvalue weighted by atomic mass is 10.0. The van der Waals surface area contributed by atoms with Crippen molar-refractivity contribution in [1.29, 1.82) is 5.26 Å². The third kappa shape index (κ3) is 2.15. The Morgan fingerprint density at radius 1 is 1.33 bits per heavy atom. The van der Waals surface area contributed by atoms with Crippen molar-refractivity contribution in [1.82, 2.24) is 10.2 Å². The number of aromatic amines is 1. The average molecular weight is 241 g/mol. The number of nitrogens with one attached hydrogen (secondary N) is 1. The molecule has 0 bridgehead atoms. The van der Waals surface area contributed by atoms with E-state index in [1.807, 2.05) is 6.07 Å². The smallest absolute Gasteiger partial charge is 0.167 e. The van der Waals surface area contributed by atoms with Crippen LogP contribution in [-0.4, -0.2) is 16.0 Å². The standard InChI is InChI=1S/C12H11N5O/c13-6-7-1-3-8(4-2-7)10(18)5-9-11(14)16-17-12(9)15/h1-4H,5H2,(H5,14,15,16,17). The molecule has 0 amide bonds. The Kier molecular flexibility index (Phi) is 2.98. The molecule has 6 nitrogen and oxygen atoms in total. The Morgan fingerprint density at radius 3 is 2.50 bits per heavy atom. The molecule has 1 aromatic heterocycles. The number of nitrogens with zero attached hydrogens (tertiary/aromatic N) is 2. The summed E-state index contributed by atoms with van der Waals surface area (Å²) in [5.74, 6) is 0.406. The van der Waals surface area contributed by atoms with Gasteiger partial charge in [-0.25, -0.2) is 0 Å². The van der Waals surface area contributed by atoms with E-state index >= 15 is 0 Å². The van der Waals surface area contributed by atoms with Crippen LogP contribution in [0, 0.1) is 11.3 Å². The molecule has 0 aliphatic carbocycles. The Balaban J connectivity index is 2.20. The van der Waals surface area contributed by atoms with Crippen molar-refractivity contribution in [3.05, 3.63) is 41.0 Å². The first-order chi connectivity index (χ1) is 8.61. The fourth-order valence-corrected chi connectivity index (χ4v) is 1.57. The summed E-state index contributed by atoms with van der Waals surface area (Å²) in [6.07, 6.45) is 0.0834. The first-order valence-corrected chi connectivity index (χ1v) is 5.23. The van der Waals surface area contributed by atoms with Gasteiger partial charge in [0.25, 0.3) is 0 Å². The predicted octanol–water partition coefficient (Wildman–Crippen LogP) is 0.871. The van der Waals surface area contributed by atoms with Gasteiger partial charge in [-0.2, -0.15) is 10.4 Å². The van der Waals surface area contributed by atoms with Crippen LogP contribution in [0.25, 0.3) is 0 Å². The second-order valence-electron chi connectivity index (χ2n) is 3.79. The maximum Gasteiger partial charge on any atom is 0.167 e. The summed E-state index contributed by atoms with van der Waals surface area (Å²) < 4.78 is 0. The van der Waals surface area contributed by atoms with Crippen molar-refractivity contribution in [2.45, 2.75) is 6.42 Å². The molecule has 2 rings (SSSR count). The molecule has 0 aliphatic heterocycles. The number of anilines is 2. The van der Waals surface area contributed by atoms with E-state index in [-0.39, 0.29) is 18.0 Å². The summed E-state index contributed by atoms with van der Waals surface area (Å²) in [7, 11) is 0. The number of rotatable bonds is 3. The van der Waals surface area contributed by atoms with E-state index < -0.39 is 0 Å². The van der Waals surface area contributed by atoms with Crippen LogP contribution in [0.3, 0.4) is 0 Å². The molecular weight excluding hydrogens is 230 g/mol. The zero-order valence-electron chi connectivity index (χ0n) is 9.47. The third-order valence-electron chi connectivity index (χ3n) is 2.60. The van der Waals surface area contributed by atoms with Crippen molar-refractivity contribution < 1.29 is 4.79 Å². The molecule has 0 saturated carbocycles. The van der Waals surface area contributed by atoms with Gasteiger partial charge in [0.05, 0.1) is 11.6 Å². The summed E-state index contributed by atoms with van der Waals surface area (Å²) in [5.41, 5.74) is 12.7. The quantitative estimate of drug-likeness (QED) is 0.688. The molecule has 18 heavy (non-hydrogen) atoms. The number of aromatic nitrogens is 2. The van der Waals surface area contributed by atoms with Crippen LogP contribution >= 0.6 is 0 Å². The molecular formula is C12H11N5O. The van der Waals surface area contributed by atoms with Crippen molar-refractivity contribution >= 4 is 17.4 Å². The van der Waals surface area contributed by atoms with Crippen LogP contribution in [0.5, 0.6) is 0 Å². The summed E-state index contributed by atoms with van der Waals surface area (Å²) in [6, 6.07) is 8.38. The van der Waals surface area contributed by atoms with Gasteiger partial charge in [0, 0.05) is 17.5 Å². The molecule has 0 fully saturated rings. The van der Waals surface area contributed by atoms with Gasteiger partial charge in [0.2, 0.25) is 0 Å². The fraction of sp³-hybridized carbons (Fsp3) is 0.0833. The zero-order chi connectivity index (χ0) is 13.1. The Hall–Kier alpha value is -2.81. The molecule has 1 aromatic carbocycles. The van der Waals surface area contributed by atoms with E-state index in [1.165, 1.54) is 0 Å². The van der Waals surface area contributed by atoms with Gasteiger partial charge in [0.1, 0.15) is 5.82 Å². The first-order valence-electron chi connectivity index (χ1n) is 5.23. The van der Waals surface area contributed by atoms with Gasteiger partial charge >= 0.3 is 0 Å². The first kappa shape index (κ1) is 11.7. The minimum atomic E-state index is -0.126. The Labute approximate surface area is 103 Å². The number of carbonyl (C=O) groups excluding carboxylic acids is 1. The van der Waals surface area contributed by atoms with Crippen LogP contribution in [0.2, 0.25) is 0 Å². The van der Waals surface area contributed by atoms with Gasteiger partial charge in [0.15, 0.2) is 11.6 Å². The van der Waals surface area contributed by atoms with Gasteiger partial charge in [-0.3, -0.25) is 9.89 Å². The maximum absolute atomic E-state index is 12.0. The molecule has 0 atom stereocenters. The average Bonchev–Trinajstić information content (AvgIpc) is 2.70. The maximum atomic E-state index is 12.0. The minimum Gasteiger partial charge on any atom is -0.384 e. The number of nitrogens with two attached hydrogens (primary N) is 2. The summed E-state index contributed by atoms with van der Waals surface area (Å²) in [6.45, 7) is 0. The molecule has 0 spiro atoms. The zero-order valence-corrected chi connectivity index (χ0v) is 9.47. The van der Waals surface area contributed by atoms with Gasteiger partial charge in [-0.15, -0.1) is 0 Å². The Morgan fingerprint density at radius 2 is 2.00 bits per heavy atom. The number of nitrogen functional groups attached to an aromatic ring is 2. The van der Waals surface area contributed by atoms with Crippen molar-refractivity contribution in [3.8, 4) is 6.07 Å². The molecule has 0 radical (unpaired) electrons. The molecule has 0 aliphatic rings. The lowest BCUT2D eigenvalue weighted by Gasteiger charge is -2.01. The number of ketones is 1. The molecule has 0 saturated heterocycles. The highest BCUT2D eigenvalue weighted by molar-refractivity contribution is 5.98. The number of benzene rings is 1. The highest BCUT2D eigenvalue weighted by Gasteiger charge is 2.14. The van der Waals surface area contributed by atoms with E-state index in [0.29, 0.717) is 22.5 Å². The molecule has 2 aromatic rings. The summed E-state index contributed by atoms with van der Waals surface area (Å²) in [5, 5.41) is 14.9. The van der Waals surface area contributed by atoms with Gasteiger partial charge < -0.3 is 11.5 Å². The van der Waals surface area contributed by atoms with E-state index in [0.717, 1.165) is 0 Å². The number of H-pyrrole nitrogens is 1. The highest BCUT2D eigenvalue weighted by atomic mass is 16.1. The van der Waals surface area contributed by atoms with Crippen LogP contribution in [0.1, 0.15) is 21.5 Å². The van der Waals surface area contributed by atoms with Gasteiger partial charge in [-0.1, -0.05) is 12.1 Å². The normalized spacial score (nSPS) is 9.94. The molecule has 0 unspecified atom stereocenters. The van der Waals surface area contributed by atoms with Crippen LogP contribution in [0.15, 0.2) is 24.3 Å². The van der Waals surface area contributed by atoms with Crippen LogP contribution < -0.4 is 11.5 Å². The topological polar surface area (TPSA) is 122 Å². The fourth-order valence-electron chi connectivity index (χ4n) is 1.57. The number of carbonyl (C=O) groups is 1. The number of hydrogen-bond acceptors (Lipinski definition) is 5.